The highest BCUT2D eigenvalue weighted by molar-refractivity contribution is 5.79. The molecular formula is C24H41FN2O5. The second-order valence-corrected chi connectivity index (χ2v) is 10.5. The van der Waals surface area contributed by atoms with Crippen LogP contribution in [0.1, 0.15) is 86.5 Å². The fraction of sp³-hybridized carbons (Fsp3) is 0.792. The summed E-state index contributed by atoms with van der Waals surface area (Å²) in [4.78, 5) is 33.7. The number of hydrogen-bond acceptors (Lipinski definition) is 5. The fourth-order valence-corrected chi connectivity index (χ4v) is 3.33. The number of allylic oxidation sites excluding steroid dienone is 2. The van der Waals surface area contributed by atoms with Gasteiger partial charge in [-0.05, 0) is 85.5 Å². The molecule has 32 heavy (non-hydrogen) atoms. The zero-order valence-corrected chi connectivity index (χ0v) is 20.5. The minimum absolute atomic E-state index is 0.0338. The number of rotatable bonds is 4. The molecule has 2 aliphatic rings. The molecule has 0 aliphatic heterocycles. The molecule has 1 atom stereocenters. The van der Waals surface area contributed by atoms with Gasteiger partial charge >= 0.3 is 12.2 Å². The van der Waals surface area contributed by atoms with E-state index in [9.17, 15) is 18.8 Å². The first-order valence-electron chi connectivity index (χ1n) is 11.5. The maximum Gasteiger partial charge on any atom is 0.407 e. The maximum absolute atomic E-state index is 12.7. The van der Waals surface area contributed by atoms with Gasteiger partial charge in [0.25, 0.3) is 0 Å². The molecule has 0 aromatic rings. The van der Waals surface area contributed by atoms with E-state index in [0.29, 0.717) is 56.4 Å². The molecule has 8 heteroatoms. The molecule has 2 rings (SSSR count). The summed E-state index contributed by atoms with van der Waals surface area (Å²) in [5.74, 6) is 1.05. The normalized spacial score (nSPS) is 19.8. The molecule has 184 valence electrons. The molecule has 1 saturated carbocycles. The summed E-state index contributed by atoms with van der Waals surface area (Å²) in [6.07, 6.45) is 5.88. The van der Waals surface area contributed by atoms with Crippen molar-refractivity contribution in [2.75, 3.05) is 13.1 Å². The highest BCUT2D eigenvalue weighted by Crippen LogP contribution is 2.23. The zero-order chi connectivity index (χ0) is 24.4. The highest BCUT2D eigenvalue weighted by atomic mass is 19.1. The molecule has 0 heterocycles. The van der Waals surface area contributed by atoms with Gasteiger partial charge in [-0.2, -0.15) is 0 Å². The van der Waals surface area contributed by atoms with E-state index in [-0.39, 0.29) is 11.9 Å². The molecule has 7 nitrogen and oxygen atoms in total. The van der Waals surface area contributed by atoms with Crippen LogP contribution in [0.4, 0.5) is 14.0 Å². The van der Waals surface area contributed by atoms with Gasteiger partial charge in [0, 0.05) is 25.9 Å². The molecule has 0 aromatic carbocycles. The third-order valence-electron chi connectivity index (χ3n) is 4.99. The van der Waals surface area contributed by atoms with Crippen LogP contribution < -0.4 is 10.6 Å². The average molecular weight is 457 g/mol. The number of Topliss-reactive ketones (excluding diaryl/α,β-unsaturated/α-hetero) is 1. The van der Waals surface area contributed by atoms with Crippen molar-refractivity contribution in [3.05, 3.63) is 11.9 Å². The molecule has 0 bridgehead atoms. The third-order valence-corrected chi connectivity index (χ3v) is 4.99. The Kier molecular flexibility index (Phi) is 11.2. The monoisotopic (exact) mass is 456 g/mol. The average Bonchev–Trinajstić information content (AvgIpc) is 2.65. The zero-order valence-electron chi connectivity index (χ0n) is 20.5. The standard InChI is InChI=1S/C12H20FNO2.C12H21NO3/c1-12(2,3)16-11(15)14-8-9-4-6-10(13)7-5-9;1-12(2,3)16-11(15)13-8-9-4-6-10(14)7-5-9/h6,9H,4-5,7-8H2,1-3H3,(H,14,15);9H,4-8H2,1-3H3,(H,13,15). The molecule has 2 N–H and O–H groups in total. The van der Waals surface area contributed by atoms with Crippen LogP contribution in [0.15, 0.2) is 11.9 Å². The van der Waals surface area contributed by atoms with Gasteiger partial charge in [0.2, 0.25) is 0 Å². The van der Waals surface area contributed by atoms with Gasteiger partial charge in [0.1, 0.15) is 17.0 Å². The van der Waals surface area contributed by atoms with Crippen molar-refractivity contribution in [1.29, 1.82) is 0 Å². The van der Waals surface area contributed by atoms with Gasteiger partial charge in [-0.15, -0.1) is 0 Å². The molecule has 1 unspecified atom stereocenters. The van der Waals surface area contributed by atoms with E-state index < -0.39 is 17.3 Å². The lowest BCUT2D eigenvalue weighted by atomic mass is 9.88. The predicted molar refractivity (Wildman–Crippen MR) is 122 cm³/mol. The Labute approximate surface area is 191 Å². The summed E-state index contributed by atoms with van der Waals surface area (Å²) in [5, 5.41) is 5.46. The van der Waals surface area contributed by atoms with Gasteiger partial charge in [0.05, 0.1) is 5.83 Å². The molecule has 2 amide bonds. The predicted octanol–water partition coefficient (Wildman–Crippen LogP) is 5.44. The lowest BCUT2D eigenvalue weighted by Gasteiger charge is -2.23. The Bertz CT molecular complexity index is 654. The van der Waals surface area contributed by atoms with E-state index in [2.05, 4.69) is 10.6 Å². The van der Waals surface area contributed by atoms with Crippen LogP contribution in [-0.2, 0) is 14.3 Å². The van der Waals surface area contributed by atoms with Crippen LogP contribution in [0.5, 0.6) is 0 Å². The number of amides is 2. The van der Waals surface area contributed by atoms with Crippen LogP contribution >= 0.6 is 0 Å². The Balaban J connectivity index is 0.000000320. The molecule has 0 radical (unpaired) electrons. The van der Waals surface area contributed by atoms with E-state index in [1.807, 2.05) is 41.5 Å². The Morgan fingerprint density at radius 3 is 1.72 bits per heavy atom. The van der Waals surface area contributed by atoms with Crippen LogP contribution in [0, 0.1) is 11.8 Å². The van der Waals surface area contributed by atoms with Crippen LogP contribution in [0.25, 0.3) is 0 Å². The molecular weight excluding hydrogens is 415 g/mol. The van der Waals surface area contributed by atoms with Crippen molar-refractivity contribution >= 4 is 18.0 Å². The van der Waals surface area contributed by atoms with Crippen molar-refractivity contribution < 1.29 is 28.2 Å². The van der Waals surface area contributed by atoms with Crippen molar-refractivity contribution in [1.82, 2.24) is 10.6 Å². The lowest BCUT2D eigenvalue weighted by molar-refractivity contribution is -0.120. The number of halogens is 1. The molecule has 0 spiro atoms. The Morgan fingerprint density at radius 1 is 0.875 bits per heavy atom. The van der Waals surface area contributed by atoms with Crippen LogP contribution in [-0.4, -0.2) is 42.3 Å². The van der Waals surface area contributed by atoms with Gasteiger partial charge in [0.15, 0.2) is 0 Å². The topological polar surface area (TPSA) is 93.7 Å². The number of carbonyl (C=O) groups is 3. The molecule has 2 aliphatic carbocycles. The van der Waals surface area contributed by atoms with E-state index in [1.165, 1.54) is 0 Å². The second kappa shape index (κ2) is 12.8. The Morgan fingerprint density at radius 2 is 1.31 bits per heavy atom. The number of ketones is 1. The van der Waals surface area contributed by atoms with Crippen LogP contribution in [0.3, 0.4) is 0 Å². The minimum atomic E-state index is -0.470. The summed E-state index contributed by atoms with van der Waals surface area (Å²) in [7, 11) is 0. The first-order chi connectivity index (χ1) is 14.7. The quantitative estimate of drug-likeness (QED) is 0.588. The molecule has 0 saturated heterocycles. The first-order valence-corrected chi connectivity index (χ1v) is 11.5. The maximum atomic E-state index is 12.7. The van der Waals surface area contributed by atoms with Gasteiger partial charge in [-0.25, -0.2) is 14.0 Å². The number of alkyl carbamates (subject to hydrolysis) is 2. The summed E-state index contributed by atoms with van der Waals surface area (Å²) < 4.78 is 23.0. The van der Waals surface area contributed by atoms with Crippen molar-refractivity contribution in [3.63, 3.8) is 0 Å². The van der Waals surface area contributed by atoms with E-state index in [4.69, 9.17) is 9.47 Å². The fourth-order valence-electron chi connectivity index (χ4n) is 3.33. The smallest absolute Gasteiger partial charge is 0.407 e. The number of nitrogens with one attached hydrogen (secondary N) is 2. The number of hydrogen-bond donors (Lipinski definition) is 2. The van der Waals surface area contributed by atoms with Crippen molar-refractivity contribution in [2.45, 2.75) is 97.7 Å². The van der Waals surface area contributed by atoms with E-state index in [0.717, 1.165) is 19.3 Å². The van der Waals surface area contributed by atoms with Crippen molar-refractivity contribution in [3.8, 4) is 0 Å². The summed E-state index contributed by atoms with van der Waals surface area (Å²) >= 11 is 0. The highest BCUT2D eigenvalue weighted by Gasteiger charge is 2.21. The van der Waals surface area contributed by atoms with Gasteiger partial charge in [-0.1, -0.05) is 6.08 Å². The number of carbonyl (C=O) groups excluding carboxylic acids is 3. The largest absolute Gasteiger partial charge is 0.444 e. The lowest BCUT2D eigenvalue weighted by Crippen LogP contribution is -2.36. The SMILES string of the molecule is CC(C)(C)OC(=O)NCC1CC=C(F)CC1.CC(C)(C)OC(=O)NCC1CCC(=O)CC1. The molecule has 1 fully saturated rings. The number of ether oxygens (including phenoxy) is 2. The van der Waals surface area contributed by atoms with E-state index >= 15 is 0 Å². The van der Waals surface area contributed by atoms with E-state index in [1.54, 1.807) is 6.08 Å². The summed E-state index contributed by atoms with van der Waals surface area (Å²) in [6, 6.07) is 0. The first kappa shape index (κ1) is 27.9. The third kappa shape index (κ3) is 14.0. The Hall–Kier alpha value is -2.12. The van der Waals surface area contributed by atoms with Crippen molar-refractivity contribution in [2.24, 2.45) is 11.8 Å². The minimum Gasteiger partial charge on any atom is -0.444 e. The van der Waals surface area contributed by atoms with Gasteiger partial charge < -0.3 is 20.1 Å². The van der Waals surface area contributed by atoms with Crippen LogP contribution in [0.2, 0.25) is 0 Å². The van der Waals surface area contributed by atoms with Gasteiger partial charge in [-0.3, -0.25) is 4.79 Å². The second-order valence-electron chi connectivity index (χ2n) is 10.5. The molecule has 0 aromatic heterocycles. The summed E-state index contributed by atoms with van der Waals surface area (Å²) in [6.45, 7) is 12.2. The summed E-state index contributed by atoms with van der Waals surface area (Å²) in [5.41, 5.74) is -0.921.